The van der Waals surface area contributed by atoms with Crippen LogP contribution >= 0.6 is 0 Å². The van der Waals surface area contributed by atoms with Crippen molar-refractivity contribution in [1.82, 2.24) is 14.4 Å². The molecule has 0 saturated heterocycles. The van der Waals surface area contributed by atoms with Crippen molar-refractivity contribution >= 4 is 11.6 Å². The van der Waals surface area contributed by atoms with Crippen LogP contribution < -0.4 is 0 Å². The number of nitrogens with zero attached hydrogens (tertiary/aromatic N) is 3. The lowest BCUT2D eigenvalue weighted by atomic mass is 9.70. The van der Waals surface area contributed by atoms with Crippen LogP contribution in [0.2, 0.25) is 0 Å². The first-order valence-corrected chi connectivity index (χ1v) is 6.33. The number of carboxylic acid groups (broad SMARTS) is 1. The Labute approximate surface area is 113 Å². The molecule has 1 aliphatic carbocycles. The molecule has 1 saturated carbocycles. The Kier molecular flexibility index (Phi) is 2.74. The molecule has 0 aromatic carbocycles. The minimum absolute atomic E-state index is 0.0918. The van der Waals surface area contributed by atoms with Gasteiger partial charge in [-0.25, -0.2) is 13.8 Å². The number of hydrogen-bond donors (Lipinski definition) is 1. The molecule has 0 spiro atoms. The van der Waals surface area contributed by atoms with E-state index in [0.29, 0.717) is 11.3 Å². The van der Waals surface area contributed by atoms with Gasteiger partial charge < -0.3 is 9.51 Å². The average molecular weight is 281 g/mol. The van der Waals surface area contributed by atoms with E-state index in [1.54, 1.807) is 10.6 Å². The van der Waals surface area contributed by atoms with Crippen LogP contribution in [0, 0.1) is 0 Å². The summed E-state index contributed by atoms with van der Waals surface area (Å²) in [4.78, 5) is 19.7. The SMILES string of the molecule is O=C(O)C1(c2cnc3cnccn23)CCC(F)(F)CC1. The Morgan fingerprint density at radius 1 is 1.25 bits per heavy atom. The molecule has 2 aromatic heterocycles. The van der Waals surface area contributed by atoms with Crippen LogP contribution in [-0.2, 0) is 10.2 Å². The van der Waals surface area contributed by atoms with E-state index >= 15 is 0 Å². The molecule has 0 atom stereocenters. The quantitative estimate of drug-likeness (QED) is 0.916. The number of rotatable bonds is 2. The lowest BCUT2D eigenvalue weighted by molar-refractivity contribution is -0.149. The van der Waals surface area contributed by atoms with Crippen molar-refractivity contribution in [2.75, 3.05) is 0 Å². The summed E-state index contributed by atoms with van der Waals surface area (Å²) >= 11 is 0. The summed E-state index contributed by atoms with van der Waals surface area (Å²) in [6.07, 6.45) is 5.07. The summed E-state index contributed by atoms with van der Waals surface area (Å²) in [5, 5.41) is 9.59. The Hall–Kier alpha value is -2.05. The molecule has 0 radical (unpaired) electrons. The molecule has 0 unspecified atom stereocenters. The first-order chi connectivity index (χ1) is 9.45. The van der Waals surface area contributed by atoms with E-state index in [-0.39, 0.29) is 12.8 Å². The van der Waals surface area contributed by atoms with Crippen LogP contribution in [0.25, 0.3) is 5.65 Å². The molecule has 3 rings (SSSR count). The highest BCUT2D eigenvalue weighted by Gasteiger charge is 2.50. The fraction of sp³-hybridized carbons (Fsp3) is 0.462. The van der Waals surface area contributed by atoms with E-state index in [1.165, 1.54) is 18.6 Å². The van der Waals surface area contributed by atoms with Crippen molar-refractivity contribution < 1.29 is 18.7 Å². The monoisotopic (exact) mass is 281 g/mol. The van der Waals surface area contributed by atoms with Crippen LogP contribution in [0.15, 0.2) is 24.8 Å². The molecule has 1 fully saturated rings. The molecular formula is C13H13F2N3O2. The number of fused-ring (bicyclic) bond motifs is 1. The van der Waals surface area contributed by atoms with E-state index in [0.717, 1.165) is 0 Å². The van der Waals surface area contributed by atoms with E-state index in [9.17, 15) is 18.7 Å². The first kappa shape index (κ1) is 13.0. The molecule has 0 bridgehead atoms. The Balaban J connectivity index is 2.10. The highest BCUT2D eigenvalue weighted by molar-refractivity contribution is 5.81. The number of halogens is 2. The van der Waals surface area contributed by atoms with Crippen molar-refractivity contribution in [3.8, 4) is 0 Å². The third-order valence-electron chi connectivity index (χ3n) is 4.05. The third-order valence-corrected chi connectivity index (χ3v) is 4.05. The van der Waals surface area contributed by atoms with Gasteiger partial charge in [0.2, 0.25) is 5.92 Å². The summed E-state index contributed by atoms with van der Waals surface area (Å²) in [5.41, 5.74) is -0.346. The molecule has 7 heteroatoms. The predicted molar refractivity (Wildman–Crippen MR) is 65.7 cm³/mol. The maximum atomic E-state index is 13.3. The van der Waals surface area contributed by atoms with Crippen molar-refractivity contribution in [1.29, 1.82) is 0 Å². The maximum absolute atomic E-state index is 13.3. The largest absolute Gasteiger partial charge is 0.481 e. The van der Waals surface area contributed by atoms with E-state index in [1.807, 2.05) is 0 Å². The van der Waals surface area contributed by atoms with Crippen molar-refractivity contribution in [3.63, 3.8) is 0 Å². The number of alkyl halides is 2. The molecule has 2 aromatic rings. The van der Waals surface area contributed by atoms with Gasteiger partial charge in [0, 0.05) is 25.2 Å². The zero-order valence-corrected chi connectivity index (χ0v) is 10.6. The average Bonchev–Trinajstić information content (AvgIpc) is 2.83. The van der Waals surface area contributed by atoms with Gasteiger partial charge in [0.15, 0.2) is 5.65 Å². The molecule has 1 aliphatic rings. The second-order valence-corrected chi connectivity index (χ2v) is 5.19. The lowest BCUT2D eigenvalue weighted by Gasteiger charge is -2.36. The molecular weight excluding hydrogens is 268 g/mol. The van der Waals surface area contributed by atoms with Crippen molar-refractivity contribution in [3.05, 3.63) is 30.5 Å². The number of imidazole rings is 1. The van der Waals surface area contributed by atoms with Crippen LogP contribution in [0.3, 0.4) is 0 Å². The molecule has 106 valence electrons. The standard InChI is InChI=1S/C13H13F2N3O2/c14-13(15)3-1-12(2-4-13,11(19)20)9-7-17-10-8-16-5-6-18(9)10/h5-8H,1-4H2,(H,19,20). The fourth-order valence-electron chi connectivity index (χ4n) is 2.82. The normalized spacial score (nSPS) is 20.9. The summed E-state index contributed by atoms with van der Waals surface area (Å²) in [6, 6.07) is 0. The van der Waals surface area contributed by atoms with Crippen LogP contribution in [0.5, 0.6) is 0 Å². The highest BCUT2D eigenvalue weighted by atomic mass is 19.3. The first-order valence-electron chi connectivity index (χ1n) is 6.33. The summed E-state index contributed by atoms with van der Waals surface area (Å²) in [5.74, 6) is -3.85. The van der Waals surface area contributed by atoms with Gasteiger partial charge in [0.05, 0.1) is 18.1 Å². The number of hydrogen-bond acceptors (Lipinski definition) is 3. The van der Waals surface area contributed by atoms with Crippen LogP contribution in [0.1, 0.15) is 31.4 Å². The zero-order chi connectivity index (χ0) is 14.4. The minimum Gasteiger partial charge on any atom is -0.481 e. The van der Waals surface area contributed by atoms with Crippen molar-refractivity contribution in [2.24, 2.45) is 0 Å². The smallest absolute Gasteiger partial charge is 0.315 e. The Morgan fingerprint density at radius 2 is 1.95 bits per heavy atom. The molecule has 1 N–H and O–H groups in total. The number of aliphatic carboxylic acids is 1. The van der Waals surface area contributed by atoms with E-state index < -0.39 is 30.1 Å². The van der Waals surface area contributed by atoms with Gasteiger partial charge in [-0.2, -0.15) is 0 Å². The zero-order valence-electron chi connectivity index (χ0n) is 10.6. The number of carboxylic acids is 1. The van der Waals surface area contributed by atoms with Gasteiger partial charge in [-0.05, 0) is 12.8 Å². The Bertz CT molecular complexity index is 658. The molecule has 0 aliphatic heterocycles. The summed E-state index contributed by atoms with van der Waals surface area (Å²) in [7, 11) is 0. The Morgan fingerprint density at radius 3 is 2.60 bits per heavy atom. The topological polar surface area (TPSA) is 67.5 Å². The van der Waals surface area contributed by atoms with Crippen molar-refractivity contribution in [2.45, 2.75) is 37.0 Å². The van der Waals surface area contributed by atoms with Gasteiger partial charge in [-0.15, -0.1) is 0 Å². The lowest BCUT2D eigenvalue weighted by Crippen LogP contribution is -2.43. The minimum atomic E-state index is -2.78. The number of carbonyl (C=O) groups is 1. The van der Waals surface area contributed by atoms with E-state index in [2.05, 4.69) is 9.97 Å². The maximum Gasteiger partial charge on any atom is 0.315 e. The third kappa shape index (κ3) is 1.85. The molecule has 20 heavy (non-hydrogen) atoms. The van der Waals surface area contributed by atoms with Gasteiger partial charge in [0.25, 0.3) is 0 Å². The summed E-state index contributed by atoms with van der Waals surface area (Å²) in [6.45, 7) is 0. The highest BCUT2D eigenvalue weighted by Crippen LogP contribution is 2.45. The van der Waals surface area contributed by atoms with Gasteiger partial charge in [-0.1, -0.05) is 0 Å². The molecule has 2 heterocycles. The second-order valence-electron chi connectivity index (χ2n) is 5.19. The van der Waals surface area contributed by atoms with Crippen LogP contribution in [0.4, 0.5) is 8.78 Å². The second kappa shape index (κ2) is 4.22. The van der Waals surface area contributed by atoms with E-state index in [4.69, 9.17) is 0 Å². The van der Waals surface area contributed by atoms with Gasteiger partial charge in [0.1, 0.15) is 5.41 Å². The van der Waals surface area contributed by atoms with Crippen LogP contribution in [-0.4, -0.2) is 31.4 Å². The molecule has 0 amide bonds. The summed E-state index contributed by atoms with van der Waals surface area (Å²) < 4.78 is 28.3. The fourth-order valence-corrected chi connectivity index (χ4v) is 2.82. The number of aromatic nitrogens is 3. The van der Waals surface area contributed by atoms with Gasteiger partial charge >= 0.3 is 5.97 Å². The predicted octanol–water partition coefficient (Wildman–Crippen LogP) is 2.26. The van der Waals surface area contributed by atoms with Gasteiger partial charge in [-0.3, -0.25) is 9.78 Å². The molecule has 5 nitrogen and oxygen atoms in total.